The Morgan fingerprint density at radius 1 is 1.06 bits per heavy atom. The number of hydrogen-bond acceptors (Lipinski definition) is 6. The number of hydrogen-bond donors (Lipinski definition) is 0. The summed E-state index contributed by atoms with van der Waals surface area (Å²) in [5, 5.41) is 4.49. The predicted octanol–water partition coefficient (Wildman–Crippen LogP) is 4.84. The van der Waals surface area contributed by atoms with Crippen molar-refractivity contribution in [2.45, 2.75) is 50.7 Å². The fourth-order valence-corrected chi connectivity index (χ4v) is 4.38. The zero-order valence-corrected chi connectivity index (χ0v) is 18.1. The van der Waals surface area contributed by atoms with Crippen molar-refractivity contribution < 1.29 is 13.5 Å². The van der Waals surface area contributed by atoms with E-state index >= 15 is 0 Å². The molecule has 1 aliphatic carbocycles. The predicted molar refractivity (Wildman–Crippen MR) is 116 cm³/mol. The molecule has 1 saturated heterocycles. The molecule has 9 heteroatoms. The molecule has 3 aromatic heterocycles. The lowest BCUT2D eigenvalue weighted by Gasteiger charge is -2.28. The summed E-state index contributed by atoms with van der Waals surface area (Å²) in [6, 6.07) is 3.97. The molecule has 1 aromatic carbocycles. The fraction of sp³-hybridized carbons (Fsp3) is 0.375. The van der Waals surface area contributed by atoms with E-state index in [-0.39, 0.29) is 17.6 Å². The molecule has 2 atom stereocenters. The number of nitrogens with zero attached hydrogens (tertiary/aromatic N) is 6. The Hall–Kier alpha value is -3.33. The van der Waals surface area contributed by atoms with Gasteiger partial charge in [0.05, 0.1) is 24.0 Å². The Labute approximate surface area is 188 Å². The Balaban J connectivity index is 1.39. The van der Waals surface area contributed by atoms with Crippen LogP contribution in [0.4, 0.5) is 8.78 Å². The quantitative estimate of drug-likeness (QED) is 0.445. The van der Waals surface area contributed by atoms with Crippen molar-refractivity contribution in [2.24, 2.45) is 0 Å². The SMILES string of the molecule is Cc1cnc2c(-c3ccc(F)cc3F)nc([C@@H]3CCO[C@H](c4cnn(C5CC5)c4)C3)nc2n1. The molecule has 0 bridgehead atoms. The minimum atomic E-state index is -0.694. The highest BCUT2D eigenvalue weighted by Gasteiger charge is 2.31. The summed E-state index contributed by atoms with van der Waals surface area (Å²) in [6.07, 6.45) is 9.20. The maximum absolute atomic E-state index is 14.7. The molecule has 0 amide bonds. The van der Waals surface area contributed by atoms with Crippen LogP contribution >= 0.6 is 0 Å². The first-order chi connectivity index (χ1) is 16.0. The molecule has 2 fully saturated rings. The highest BCUT2D eigenvalue weighted by molar-refractivity contribution is 5.86. The van der Waals surface area contributed by atoms with E-state index in [1.165, 1.54) is 25.0 Å². The molecule has 33 heavy (non-hydrogen) atoms. The van der Waals surface area contributed by atoms with Crippen molar-refractivity contribution in [1.29, 1.82) is 0 Å². The molecule has 168 valence electrons. The van der Waals surface area contributed by atoms with E-state index in [9.17, 15) is 8.78 Å². The van der Waals surface area contributed by atoms with Gasteiger partial charge in [0.2, 0.25) is 0 Å². The normalized spacial score (nSPS) is 20.9. The van der Waals surface area contributed by atoms with Gasteiger partial charge >= 0.3 is 0 Å². The van der Waals surface area contributed by atoms with Gasteiger partial charge in [0.1, 0.15) is 28.7 Å². The van der Waals surface area contributed by atoms with Gasteiger partial charge in [-0.2, -0.15) is 5.10 Å². The number of halogens is 2. The average molecular weight is 448 g/mol. The van der Waals surface area contributed by atoms with E-state index in [1.54, 1.807) is 6.20 Å². The topological polar surface area (TPSA) is 78.6 Å². The molecule has 0 radical (unpaired) electrons. The number of aryl methyl sites for hydroxylation is 1. The summed E-state index contributed by atoms with van der Waals surface area (Å²) in [7, 11) is 0. The van der Waals surface area contributed by atoms with Crippen LogP contribution in [0.2, 0.25) is 0 Å². The second-order valence-corrected chi connectivity index (χ2v) is 8.80. The maximum Gasteiger partial charge on any atom is 0.182 e. The fourth-order valence-electron chi connectivity index (χ4n) is 4.38. The van der Waals surface area contributed by atoms with Gasteiger partial charge in [-0.05, 0) is 44.7 Å². The first-order valence-electron chi connectivity index (χ1n) is 11.2. The molecule has 0 N–H and O–H groups in total. The summed E-state index contributed by atoms with van der Waals surface area (Å²) in [6.45, 7) is 2.39. The molecule has 2 aliphatic rings. The van der Waals surface area contributed by atoms with Gasteiger partial charge in [-0.3, -0.25) is 4.68 Å². The zero-order valence-electron chi connectivity index (χ0n) is 18.1. The summed E-state index contributed by atoms with van der Waals surface area (Å²) in [4.78, 5) is 18.4. The summed E-state index contributed by atoms with van der Waals surface area (Å²) < 4.78 is 36.3. The molecule has 1 aliphatic heterocycles. The molecular weight excluding hydrogens is 426 g/mol. The van der Waals surface area contributed by atoms with Crippen LogP contribution < -0.4 is 0 Å². The standard InChI is InChI=1S/C24H22F2N6O/c1-13-10-27-22-21(18-5-2-16(25)9-19(18)26)30-23(31-24(22)29-13)14-6-7-33-20(8-14)15-11-28-32(12-15)17-3-4-17/h2,5,9-12,14,17,20H,3-4,6-8H2,1H3/t14-,20+/m1/s1. The molecule has 4 heterocycles. The van der Waals surface area contributed by atoms with E-state index < -0.39 is 11.6 Å². The van der Waals surface area contributed by atoms with Crippen molar-refractivity contribution >= 4 is 11.2 Å². The van der Waals surface area contributed by atoms with Gasteiger partial charge in [0.25, 0.3) is 0 Å². The Morgan fingerprint density at radius 3 is 2.76 bits per heavy atom. The van der Waals surface area contributed by atoms with Crippen LogP contribution in [0.5, 0.6) is 0 Å². The highest BCUT2D eigenvalue weighted by atomic mass is 19.1. The average Bonchev–Trinajstić information content (AvgIpc) is 3.54. The van der Waals surface area contributed by atoms with Gasteiger partial charge in [-0.1, -0.05) is 0 Å². The molecule has 0 unspecified atom stereocenters. The van der Waals surface area contributed by atoms with Gasteiger partial charge in [-0.15, -0.1) is 0 Å². The minimum Gasteiger partial charge on any atom is -0.373 e. The summed E-state index contributed by atoms with van der Waals surface area (Å²) >= 11 is 0. The smallest absolute Gasteiger partial charge is 0.182 e. The van der Waals surface area contributed by atoms with Crippen molar-refractivity contribution in [2.75, 3.05) is 6.61 Å². The molecule has 7 nitrogen and oxygen atoms in total. The van der Waals surface area contributed by atoms with Crippen LogP contribution in [0.15, 0.2) is 36.8 Å². The number of benzene rings is 1. The summed E-state index contributed by atoms with van der Waals surface area (Å²) in [5.41, 5.74) is 3.05. The van der Waals surface area contributed by atoms with E-state index in [1.807, 2.05) is 17.8 Å². The van der Waals surface area contributed by atoms with Crippen LogP contribution in [0.1, 0.15) is 60.8 Å². The van der Waals surface area contributed by atoms with E-state index in [0.29, 0.717) is 47.4 Å². The number of rotatable bonds is 4. The van der Waals surface area contributed by atoms with E-state index in [0.717, 1.165) is 18.1 Å². The second-order valence-electron chi connectivity index (χ2n) is 8.80. The van der Waals surface area contributed by atoms with E-state index in [4.69, 9.17) is 14.7 Å². The third-order valence-electron chi connectivity index (χ3n) is 6.30. The number of aromatic nitrogens is 6. The second kappa shape index (κ2) is 7.91. The lowest BCUT2D eigenvalue weighted by molar-refractivity contribution is 0.00396. The van der Waals surface area contributed by atoms with Crippen LogP contribution in [-0.2, 0) is 4.74 Å². The van der Waals surface area contributed by atoms with Crippen molar-refractivity contribution in [1.82, 2.24) is 29.7 Å². The summed E-state index contributed by atoms with van der Waals surface area (Å²) in [5.74, 6) is -0.762. The van der Waals surface area contributed by atoms with Crippen LogP contribution in [0.3, 0.4) is 0 Å². The van der Waals surface area contributed by atoms with Gasteiger partial charge in [-0.25, -0.2) is 28.7 Å². The van der Waals surface area contributed by atoms with Gasteiger partial charge in [0, 0.05) is 42.1 Å². The highest BCUT2D eigenvalue weighted by Crippen LogP contribution is 2.39. The lowest BCUT2D eigenvalue weighted by atomic mass is 9.92. The number of fused-ring (bicyclic) bond motifs is 1. The van der Waals surface area contributed by atoms with Gasteiger partial charge < -0.3 is 4.74 Å². The largest absolute Gasteiger partial charge is 0.373 e. The van der Waals surface area contributed by atoms with Crippen LogP contribution in [0.25, 0.3) is 22.4 Å². The first-order valence-corrected chi connectivity index (χ1v) is 11.2. The monoisotopic (exact) mass is 448 g/mol. The van der Waals surface area contributed by atoms with Crippen LogP contribution in [0, 0.1) is 18.6 Å². The Kier molecular flexibility index (Phi) is 4.86. The van der Waals surface area contributed by atoms with Crippen LogP contribution in [-0.4, -0.2) is 36.3 Å². The molecular formula is C24H22F2N6O. The van der Waals surface area contributed by atoms with Gasteiger partial charge in [0.15, 0.2) is 5.65 Å². The Morgan fingerprint density at radius 2 is 1.94 bits per heavy atom. The molecule has 1 saturated carbocycles. The third kappa shape index (κ3) is 3.86. The third-order valence-corrected chi connectivity index (χ3v) is 6.30. The molecule has 4 aromatic rings. The number of ether oxygens (including phenoxy) is 1. The zero-order chi connectivity index (χ0) is 22.5. The maximum atomic E-state index is 14.7. The van der Waals surface area contributed by atoms with Crippen molar-refractivity contribution in [3.8, 4) is 11.3 Å². The minimum absolute atomic E-state index is 0.00185. The molecule has 0 spiro atoms. The van der Waals surface area contributed by atoms with E-state index in [2.05, 4.69) is 21.3 Å². The lowest BCUT2D eigenvalue weighted by Crippen LogP contribution is -2.20. The van der Waals surface area contributed by atoms with Crippen molar-refractivity contribution in [3.63, 3.8) is 0 Å². The first kappa shape index (κ1) is 20.3. The Bertz CT molecular complexity index is 1350. The molecule has 6 rings (SSSR count). The van der Waals surface area contributed by atoms with Crippen molar-refractivity contribution in [3.05, 3.63) is 65.5 Å².